The van der Waals surface area contributed by atoms with Gasteiger partial charge in [0.05, 0.1) is 0 Å². The zero-order valence-corrected chi connectivity index (χ0v) is 18.8. The second-order valence-electron chi connectivity index (χ2n) is 6.26. The van der Waals surface area contributed by atoms with Crippen molar-refractivity contribution in [2.24, 2.45) is 5.11 Å². The Labute approximate surface area is 185 Å². The van der Waals surface area contributed by atoms with Crippen LogP contribution in [0.1, 0.15) is 20.8 Å². The predicted octanol–water partition coefficient (Wildman–Crippen LogP) is 3.37. The molecule has 0 saturated carbocycles. The van der Waals surface area contributed by atoms with E-state index in [0.29, 0.717) is 0 Å². The molecule has 0 bridgehead atoms. The van der Waals surface area contributed by atoms with Crippen LogP contribution in [0.5, 0.6) is 0 Å². The van der Waals surface area contributed by atoms with Crippen molar-refractivity contribution in [1.29, 1.82) is 0 Å². The Kier molecular flexibility index (Phi) is 8.97. The number of hydrogen-bond donors (Lipinski definition) is 0. The first kappa shape index (κ1) is 24.0. The number of ether oxygens (including phenoxy) is 4. The highest BCUT2D eigenvalue weighted by Gasteiger charge is 2.50. The number of nitrogens with zero attached hydrogens (tertiary/aromatic N) is 3. The Morgan fingerprint density at radius 3 is 2.23 bits per heavy atom. The molecule has 1 fully saturated rings. The Bertz CT molecular complexity index is 832. The summed E-state index contributed by atoms with van der Waals surface area (Å²) in [5.41, 5.74) is 8.25. The van der Waals surface area contributed by atoms with E-state index in [1.165, 1.54) is 32.5 Å². The van der Waals surface area contributed by atoms with Crippen LogP contribution >= 0.6 is 27.7 Å². The van der Waals surface area contributed by atoms with Crippen LogP contribution in [0.15, 0.2) is 38.7 Å². The lowest BCUT2D eigenvalue weighted by Gasteiger charge is -2.43. The molecule has 1 aliphatic heterocycles. The van der Waals surface area contributed by atoms with E-state index in [4.69, 9.17) is 24.5 Å². The molecule has 1 aromatic carbocycles. The molecule has 10 nitrogen and oxygen atoms in total. The summed E-state index contributed by atoms with van der Waals surface area (Å²) in [4.78, 5) is 38.3. The summed E-state index contributed by atoms with van der Waals surface area (Å²) < 4.78 is 22.6. The van der Waals surface area contributed by atoms with Crippen LogP contribution in [-0.2, 0) is 33.3 Å². The third kappa shape index (κ3) is 6.91. The molecule has 0 N–H and O–H groups in total. The number of thioether (sulfide) groups is 1. The van der Waals surface area contributed by atoms with Crippen molar-refractivity contribution < 1.29 is 33.3 Å². The van der Waals surface area contributed by atoms with Gasteiger partial charge in [-0.25, -0.2) is 0 Å². The van der Waals surface area contributed by atoms with Gasteiger partial charge in [-0.05, 0) is 29.8 Å². The number of hydrogen-bond acceptors (Lipinski definition) is 9. The van der Waals surface area contributed by atoms with Gasteiger partial charge in [-0.2, -0.15) is 0 Å². The number of azide groups is 1. The summed E-state index contributed by atoms with van der Waals surface area (Å²) in [5, 5.41) is 3.72. The molecule has 0 radical (unpaired) electrons. The Morgan fingerprint density at radius 1 is 1.10 bits per heavy atom. The average molecular weight is 502 g/mol. The van der Waals surface area contributed by atoms with E-state index in [0.717, 1.165) is 9.37 Å². The molecule has 0 unspecified atom stereocenters. The highest BCUT2D eigenvalue weighted by atomic mass is 79.9. The Morgan fingerprint density at radius 2 is 1.70 bits per heavy atom. The fourth-order valence-electron chi connectivity index (χ4n) is 2.82. The molecule has 1 aromatic rings. The topological polar surface area (TPSA) is 137 Å². The van der Waals surface area contributed by atoms with Gasteiger partial charge in [0.25, 0.3) is 0 Å². The molecule has 30 heavy (non-hydrogen) atoms. The average Bonchev–Trinajstić information content (AvgIpc) is 2.66. The van der Waals surface area contributed by atoms with E-state index in [-0.39, 0.29) is 6.61 Å². The van der Waals surface area contributed by atoms with Gasteiger partial charge < -0.3 is 18.9 Å². The van der Waals surface area contributed by atoms with E-state index < -0.39 is 47.7 Å². The smallest absolute Gasteiger partial charge is 0.303 e. The van der Waals surface area contributed by atoms with Crippen LogP contribution in [0, 0.1) is 0 Å². The van der Waals surface area contributed by atoms with Crippen molar-refractivity contribution in [2.45, 2.75) is 55.5 Å². The van der Waals surface area contributed by atoms with Gasteiger partial charge in [0.15, 0.2) is 0 Å². The summed E-state index contributed by atoms with van der Waals surface area (Å²) in [6.07, 6.45) is -3.11. The van der Waals surface area contributed by atoms with Crippen molar-refractivity contribution in [1.82, 2.24) is 0 Å². The highest BCUT2D eigenvalue weighted by molar-refractivity contribution is 9.10. The van der Waals surface area contributed by atoms with Gasteiger partial charge in [-0.1, -0.05) is 32.8 Å². The third-order valence-corrected chi connectivity index (χ3v) is 5.61. The van der Waals surface area contributed by atoms with Crippen molar-refractivity contribution in [3.05, 3.63) is 39.2 Å². The molecule has 2 rings (SSSR count). The third-order valence-electron chi connectivity index (χ3n) is 3.92. The fourth-order valence-corrected chi connectivity index (χ4v) is 4.19. The van der Waals surface area contributed by atoms with Gasteiger partial charge in [0, 0.05) is 35.1 Å². The van der Waals surface area contributed by atoms with Gasteiger partial charge in [-0.3, -0.25) is 14.4 Å². The SMILES string of the molecule is CC(=O)OC[C@H]1O[C@H](Sc2ccc(Br)cc2)[C@H](OC(C)=O)[C@@H](N=[N+]=[N-])[C@H]1OC(C)=O. The van der Waals surface area contributed by atoms with Gasteiger partial charge in [0.1, 0.15) is 36.4 Å². The zero-order chi connectivity index (χ0) is 22.3. The van der Waals surface area contributed by atoms with Crippen LogP contribution in [0.25, 0.3) is 10.4 Å². The van der Waals surface area contributed by atoms with E-state index in [2.05, 4.69) is 26.0 Å². The molecule has 5 atom stereocenters. The Hall–Kier alpha value is -2.27. The minimum Gasteiger partial charge on any atom is -0.463 e. The minimum absolute atomic E-state index is 0.241. The molecule has 0 aliphatic carbocycles. The maximum absolute atomic E-state index is 11.7. The molecule has 1 aliphatic rings. The second kappa shape index (κ2) is 11.2. The number of halogens is 1. The van der Waals surface area contributed by atoms with Gasteiger partial charge in [0.2, 0.25) is 0 Å². The van der Waals surface area contributed by atoms with Crippen LogP contribution in [0.2, 0.25) is 0 Å². The fraction of sp³-hybridized carbons (Fsp3) is 0.500. The quantitative estimate of drug-likeness (QED) is 0.182. The summed E-state index contributed by atoms with van der Waals surface area (Å²) >= 11 is 4.59. The zero-order valence-electron chi connectivity index (χ0n) is 16.4. The summed E-state index contributed by atoms with van der Waals surface area (Å²) in [6.45, 7) is 3.37. The molecule has 1 heterocycles. The first-order valence-corrected chi connectivity index (χ1v) is 10.5. The number of rotatable bonds is 7. The molecule has 0 aromatic heterocycles. The maximum atomic E-state index is 11.7. The van der Waals surface area contributed by atoms with Crippen molar-refractivity contribution in [3.63, 3.8) is 0 Å². The maximum Gasteiger partial charge on any atom is 0.303 e. The molecule has 0 spiro atoms. The van der Waals surface area contributed by atoms with E-state index in [1.54, 1.807) is 0 Å². The molecular formula is C18H20BrN3O7S. The summed E-state index contributed by atoms with van der Waals surface area (Å²) in [5.74, 6) is -1.84. The second-order valence-corrected chi connectivity index (χ2v) is 8.35. The Balaban J connectivity index is 2.41. The van der Waals surface area contributed by atoms with Gasteiger partial charge in [-0.15, -0.1) is 0 Å². The van der Waals surface area contributed by atoms with Crippen LogP contribution in [-0.4, -0.2) is 54.3 Å². The number of carbonyl (C=O) groups is 3. The van der Waals surface area contributed by atoms with Crippen molar-refractivity contribution in [3.8, 4) is 0 Å². The van der Waals surface area contributed by atoms with Crippen molar-refractivity contribution in [2.75, 3.05) is 6.61 Å². The lowest BCUT2D eigenvalue weighted by Crippen LogP contribution is -2.59. The lowest BCUT2D eigenvalue weighted by atomic mass is 9.97. The van der Waals surface area contributed by atoms with Crippen LogP contribution < -0.4 is 0 Å². The van der Waals surface area contributed by atoms with Gasteiger partial charge >= 0.3 is 17.9 Å². The van der Waals surface area contributed by atoms with Crippen LogP contribution in [0.4, 0.5) is 0 Å². The molecule has 1 saturated heterocycles. The number of carbonyl (C=O) groups excluding carboxylic acids is 3. The number of benzene rings is 1. The normalized spacial score (nSPS) is 25.5. The predicted molar refractivity (Wildman–Crippen MR) is 109 cm³/mol. The summed E-state index contributed by atoms with van der Waals surface area (Å²) in [7, 11) is 0. The van der Waals surface area contributed by atoms with Crippen LogP contribution in [0.3, 0.4) is 0 Å². The first-order valence-electron chi connectivity index (χ1n) is 8.81. The molecule has 12 heteroatoms. The minimum atomic E-state index is -1.12. The molecule has 0 amide bonds. The lowest BCUT2D eigenvalue weighted by molar-refractivity contribution is -0.201. The summed E-state index contributed by atoms with van der Waals surface area (Å²) in [6, 6.07) is 6.21. The first-order chi connectivity index (χ1) is 14.2. The number of esters is 3. The van der Waals surface area contributed by atoms with E-state index in [9.17, 15) is 14.4 Å². The van der Waals surface area contributed by atoms with Crippen molar-refractivity contribution >= 4 is 45.6 Å². The van der Waals surface area contributed by atoms with E-state index in [1.807, 2.05) is 24.3 Å². The standard InChI is InChI=1S/C18H20BrN3O7S/c1-9(23)26-8-14-16(27-10(2)24)15(21-22-20)17(28-11(3)25)18(29-14)30-13-6-4-12(19)5-7-13/h4-7,14-18H,8H2,1-3H3/t14-,15+,16+,17-,18-/m1/s1. The van der Waals surface area contributed by atoms with E-state index >= 15 is 0 Å². The monoisotopic (exact) mass is 501 g/mol. The largest absolute Gasteiger partial charge is 0.463 e. The highest BCUT2D eigenvalue weighted by Crippen LogP contribution is 2.37. The molecule has 162 valence electrons. The molecular weight excluding hydrogens is 482 g/mol.